The average molecular weight is 447 g/mol. The number of nitrogens with one attached hydrogen (secondary N) is 1. The fourth-order valence-corrected chi connectivity index (χ4v) is 2.69. The fraction of sp³-hybridized carbons (Fsp3) is 0.125. The first-order chi connectivity index (χ1) is 15.8. The first kappa shape index (κ1) is 23.1. The zero-order valence-electron chi connectivity index (χ0n) is 17.9. The molecule has 1 atom stereocenters. The number of nitro benzene ring substituents is 1. The summed E-state index contributed by atoms with van der Waals surface area (Å²) in [6.45, 7) is 3.39. The zero-order valence-corrected chi connectivity index (χ0v) is 17.9. The van der Waals surface area contributed by atoms with Crippen molar-refractivity contribution in [3.63, 3.8) is 0 Å². The quantitative estimate of drug-likeness (QED) is 0.183. The van der Waals surface area contributed by atoms with E-state index in [-0.39, 0.29) is 11.4 Å². The monoisotopic (exact) mass is 447 g/mol. The van der Waals surface area contributed by atoms with Crippen LogP contribution in [-0.2, 0) is 4.79 Å². The number of carbonyl (C=O) groups excluding carboxylic acids is 2. The molecule has 0 saturated heterocycles. The lowest BCUT2D eigenvalue weighted by Crippen LogP contribution is -2.33. The van der Waals surface area contributed by atoms with Crippen molar-refractivity contribution in [3.8, 4) is 11.5 Å². The first-order valence-electron chi connectivity index (χ1n) is 9.95. The van der Waals surface area contributed by atoms with Crippen molar-refractivity contribution in [2.24, 2.45) is 5.10 Å². The lowest BCUT2D eigenvalue weighted by atomic mass is 10.1. The highest BCUT2D eigenvalue weighted by atomic mass is 16.6. The van der Waals surface area contributed by atoms with Gasteiger partial charge in [-0.15, -0.1) is 0 Å². The fourth-order valence-electron chi connectivity index (χ4n) is 2.69. The van der Waals surface area contributed by atoms with Gasteiger partial charge in [0.2, 0.25) is 0 Å². The van der Waals surface area contributed by atoms with Gasteiger partial charge in [0, 0.05) is 6.07 Å². The number of carbonyl (C=O) groups is 2. The Morgan fingerprint density at radius 2 is 1.70 bits per heavy atom. The van der Waals surface area contributed by atoms with E-state index in [0.29, 0.717) is 16.9 Å². The van der Waals surface area contributed by atoms with Crippen LogP contribution in [0.25, 0.3) is 0 Å². The van der Waals surface area contributed by atoms with Gasteiger partial charge in [-0.3, -0.25) is 14.9 Å². The van der Waals surface area contributed by atoms with Crippen molar-refractivity contribution in [2.75, 3.05) is 0 Å². The van der Waals surface area contributed by atoms with Gasteiger partial charge in [-0.05, 0) is 61.9 Å². The first-order valence-corrected chi connectivity index (χ1v) is 9.95. The average Bonchev–Trinajstić information content (AvgIpc) is 2.80. The maximum Gasteiger partial charge on any atom is 0.343 e. The molecule has 0 heterocycles. The van der Waals surface area contributed by atoms with Crippen molar-refractivity contribution in [3.05, 3.63) is 99.6 Å². The molecule has 168 valence electrons. The predicted octanol–water partition coefficient (Wildman–Crippen LogP) is 4.04. The molecule has 0 aromatic heterocycles. The van der Waals surface area contributed by atoms with E-state index in [4.69, 9.17) is 9.47 Å². The van der Waals surface area contributed by atoms with Gasteiger partial charge in [0.05, 0.1) is 16.7 Å². The predicted molar refractivity (Wildman–Crippen MR) is 122 cm³/mol. The molecule has 0 fully saturated rings. The van der Waals surface area contributed by atoms with Crippen LogP contribution in [0.15, 0.2) is 77.9 Å². The Bertz CT molecular complexity index is 1170. The standard InChI is InChI=1S/C24H21N3O6/c1-16-7-11-19(12-8-16)24(29)33-20-13-9-18(10-14-20)15-25-26-23(28)17(2)32-22-6-4-3-5-21(22)27(30)31/h3-15,17H,1-2H3,(H,26,28)/b25-15+. The lowest BCUT2D eigenvalue weighted by molar-refractivity contribution is -0.386. The third-order valence-electron chi connectivity index (χ3n) is 4.50. The second-order valence-corrected chi connectivity index (χ2v) is 7.04. The number of aryl methyl sites for hydroxylation is 1. The third-order valence-corrected chi connectivity index (χ3v) is 4.50. The van der Waals surface area contributed by atoms with Crippen LogP contribution in [0.1, 0.15) is 28.4 Å². The molecule has 3 rings (SSSR count). The summed E-state index contributed by atoms with van der Waals surface area (Å²) in [6, 6.07) is 19.4. The molecule has 1 amide bonds. The van der Waals surface area contributed by atoms with Gasteiger partial charge in [-0.1, -0.05) is 29.8 Å². The highest BCUT2D eigenvalue weighted by Crippen LogP contribution is 2.26. The van der Waals surface area contributed by atoms with Gasteiger partial charge in [0.25, 0.3) is 5.91 Å². The van der Waals surface area contributed by atoms with Gasteiger partial charge >= 0.3 is 11.7 Å². The summed E-state index contributed by atoms with van der Waals surface area (Å²) in [5.74, 6) is -0.678. The van der Waals surface area contributed by atoms with Crippen LogP contribution >= 0.6 is 0 Å². The summed E-state index contributed by atoms with van der Waals surface area (Å²) < 4.78 is 10.7. The van der Waals surface area contributed by atoms with E-state index in [9.17, 15) is 19.7 Å². The van der Waals surface area contributed by atoms with Crippen molar-refractivity contribution >= 4 is 23.8 Å². The Morgan fingerprint density at radius 3 is 2.36 bits per heavy atom. The summed E-state index contributed by atoms with van der Waals surface area (Å²) in [5.41, 5.74) is 4.24. The molecule has 1 unspecified atom stereocenters. The van der Waals surface area contributed by atoms with Crippen molar-refractivity contribution in [2.45, 2.75) is 20.0 Å². The number of hydrogen-bond acceptors (Lipinski definition) is 7. The largest absolute Gasteiger partial charge is 0.474 e. The number of esters is 1. The molecule has 0 aliphatic rings. The number of benzene rings is 3. The molecule has 0 aliphatic heterocycles. The van der Waals surface area contributed by atoms with Gasteiger partial charge in [-0.25, -0.2) is 10.2 Å². The summed E-state index contributed by atoms with van der Waals surface area (Å²) in [7, 11) is 0. The van der Waals surface area contributed by atoms with E-state index in [1.807, 2.05) is 19.1 Å². The molecular weight excluding hydrogens is 426 g/mol. The van der Waals surface area contributed by atoms with Crippen molar-refractivity contribution in [1.29, 1.82) is 0 Å². The van der Waals surface area contributed by atoms with Crippen LogP contribution in [0, 0.1) is 17.0 Å². The Hall–Kier alpha value is -4.53. The number of nitrogens with zero attached hydrogens (tertiary/aromatic N) is 2. The number of nitro groups is 1. The summed E-state index contributed by atoms with van der Waals surface area (Å²) in [5, 5.41) is 14.9. The number of ether oxygens (including phenoxy) is 2. The molecule has 1 N–H and O–H groups in total. The van der Waals surface area contributed by atoms with E-state index in [1.165, 1.54) is 31.3 Å². The Balaban J connectivity index is 1.52. The number of hydrogen-bond donors (Lipinski definition) is 1. The molecule has 0 bridgehead atoms. The molecule has 0 spiro atoms. The second-order valence-electron chi connectivity index (χ2n) is 7.04. The Morgan fingerprint density at radius 1 is 1.03 bits per heavy atom. The molecular formula is C24H21N3O6. The Labute approximate surface area is 189 Å². The molecule has 3 aromatic carbocycles. The summed E-state index contributed by atoms with van der Waals surface area (Å²) >= 11 is 0. The van der Waals surface area contributed by atoms with Crippen LogP contribution in [0.2, 0.25) is 0 Å². The maximum atomic E-state index is 12.2. The van der Waals surface area contributed by atoms with Crippen molar-refractivity contribution in [1.82, 2.24) is 5.43 Å². The van der Waals surface area contributed by atoms with Crippen LogP contribution in [0.5, 0.6) is 11.5 Å². The Kier molecular flexibility index (Phi) is 7.48. The van der Waals surface area contributed by atoms with Gasteiger partial charge in [0.15, 0.2) is 11.9 Å². The third kappa shape index (κ3) is 6.47. The van der Waals surface area contributed by atoms with Crippen LogP contribution < -0.4 is 14.9 Å². The van der Waals surface area contributed by atoms with E-state index in [1.54, 1.807) is 42.5 Å². The van der Waals surface area contributed by atoms with Crippen molar-refractivity contribution < 1.29 is 24.0 Å². The number of amides is 1. The minimum atomic E-state index is -1.01. The smallest absolute Gasteiger partial charge is 0.343 e. The number of hydrazone groups is 1. The molecule has 9 heteroatoms. The van der Waals surface area contributed by atoms with Gasteiger partial charge < -0.3 is 9.47 Å². The van der Waals surface area contributed by atoms with E-state index < -0.39 is 22.9 Å². The molecule has 0 radical (unpaired) electrons. The van der Waals surface area contributed by atoms with Crippen LogP contribution in [0.3, 0.4) is 0 Å². The highest BCUT2D eigenvalue weighted by Gasteiger charge is 2.20. The van der Waals surface area contributed by atoms with Crippen LogP contribution in [-0.4, -0.2) is 29.1 Å². The SMILES string of the molecule is Cc1ccc(C(=O)Oc2ccc(/C=N/NC(=O)C(C)Oc3ccccc3[N+](=O)[O-])cc2)cc1. The molecule has 3 aromatic rings. The normalized spacial score (nSPS) is 11.6. The van der Waals surface area contributed by atoms with Gasteiger partial charge in [0.1, 0.15) is 5.75 Å². The zero-order chi connectivity index (χ0) is 23.8. The maximum absolute atomic E-state index is 12.2. The topological polar surface area (TPSA) is 120 Å². The molecule has 0 saturated carbocycles. The number of para-hydroxylation sites is 2. The van der Waals surface area contributed by atoms with E-state index >= 15 is 0 Å². The van der Waals surface area contributed by atoms with E-state index in [2.05, 4.69) is 10.5 Å². The molecule has 0 aliphatic carbocycles. The summed E-state index contributed by atoms with van der Waals surface area (Å²) in [6.07, 6.45) is 0.396. The summed E-state index contributed by atoms with van der Waals surface area (Å²) in [4.78, 5) is 34.8. The lowest BCUT2D eigenvalue weighted by Gasteiger charge is -2.12. The van der Waals surface area contributed by atoms with Crippen LogP contribution in [0.4, 0.5) is 5.69 Å². The van der Waals surface area contributed by atoms with Gasteiger partial charge in [-0.2, -0.15) is 5.10 Å². The molecule has 33 heavy (non-hydrogen) atoms. The molecule has 9 nitrogen and oxygen atoms in total. The van der Waals surface area contributed by atoms with E-state index in [0.717, 1.165) is 5.56 Å². The number of rotatable bonds is 8. The minimum absolute atomic E-state index is 0.00935. The minimum Gasteiger partial charge on any atom is -0.474 e. The second kappa shape index (κ2) is 10.7. The highest BCUT2D eigenvalue weighted by molar-refractivity contribution is 5.91.